The number of aromatic hydroxyl groups is 5. The molecule has 34 heavy (non-hydrogen) atoms. The van der Waals surface area contributed by atoms with E-state index in [9.17, 15) is 39.9 Å². The summed E-state index contributed by atoms with van der Waals surface area (Å²) in [6, 6.07) is 8.47. The number of phenolic OH excluding ortho intramolecular Hbond substituents is 5. The molecule has 0 spiro atoms. The Morgan fingerprint density at radius 1 is 0.735 bits per heavy atom. The summed E-state index contributed by atoms with van der Waals surface area (Å²) in [5.41, 5.74) is 0.233. The molecule has 2 aliphatic heterocycles. The molecule has 0 amide bonds. The zero-order chi connectivity index (χ0) is 24.3. The number of esters is 1. The highest BCUT2D eigenvalue weighted by atomic mass is 16.5. The number of ketones is 2. The third kappa shape index (κ3) is 3.15. The Kier molecular flexibility index (Phi) is 4.60. The van der Waals surface area contributed by atoms with Crippen molar-refractivity contribution in [3.8, 4) is 40.2 Å². The van der Waals surface area contributed by atoms with Gasteiger partial charge in [0.25, 0.3) is 0 Å². The highest BCUT2D eigenvalue weighted by Gasteiger charge is 2.44. The topological polar surface area (TPSA) is 171 Å². The van der Waals surface area contributed by atoms with Crippen molar-refractivity contribution in [2.45, 2.75) is 18.4 Å². The van der Waals surface area contributed by atoms with Crippen LogP contribution in [0.15, 0.2) is 42.5 Å². The van der Waals surface area contributed by atoms with Gasteiger partial charge in [0.15, 0.2) is 29.1 Å². The molecule has 172 valence electrons. The van der Waals surface area contributed by atoms with Crippen LogP contribution in [-0.2, 0) is 9.59 Å². The van der Waals surface area contributed by atoms with Gasteiger partial charge in [-0.05, 0) is 29.8 Å². The van der Waals surface area contributed by atoms with Gasteiger partial charge in [0, 0.05) is 23.1 Å². The van der Waals surface area contributed by atoms with E-state index in [1.807, 2.05) is 0 Å². The minimum Gasteiger partial charge on any atom is -0.507 e. The number of benzene rings is 3. The number of rotatable bonds is 2. The number of carbonyl (C=O) groups excluding carboxylic acids is 3. The van der Waals surface area contributed by atoms with Crippen molar-refractivity contribution in [2.75, 3.05) is 0 Å². The number of ether oxygens (including phenoxy) is 2. The maximum Gasteiger partial charge on any atom is 0.312 e. The van der Waals surface area contributed by atoms with E-state index in [2.05, 4.69) is 0 Å². The molecule has 0 fully saturated rings. The smallest absolute Gasteiger partial charge is 0.312 e. The quantitative estimate of drug-likeness (QED) is 0.164. The molecule has 2 aliphatic rings. The molecule has 3 aromatic rings. The van der Waals surface area contributed by atoms with Crippen LogP contribution in [0.3, 0.4) is 0 Å². The summed E-state index contributed by atoms with van der Waals surface area (Å²) in [6.45, 7) is 0. The summed E-state index contributed by atoms with van der Waals surface area (Å²) >= 11 is 0. The second-order valence-electron chi connectivity index (χ2n) is 7.93. The minimum atomic E-state index is -1.51. The monoisotopic (exact) mass is 464 g/mol. The molecule has 2 atom stereocenters. The van der Waals surface area contributed by atoms with Gasteiger partial charge in [0.05, 0.1) is 6.42 Å². The Morgan fingerprint density at radius 3 is 2.00 bits per heavy atom. The fraction of sp³-hybridized carbons (Fsp3) is 0.125. The van der Waals surface area contributed by atoms with Crippen LogP contribution in [0.1, 0.15) is 45.5 Å². The molecule has 10 nitrogen and oxygen atoms in total. The molecule has 0 aromatic heterocycles. The SMILES string of the molecule is O=C1C[C@H](c2ccc(O)c(O)c2)c2c(cc(O)c3c2OC(c2ccc(O)c(O)c2)C(=O)C3=O)O1. The largest absolute Gasteiger partial charge is 0.507 e. The third-order valence-electron chi connectivity index (χ3n) is 5.83. The van der Waals surface area contributed by atoms with E-state index < -0.39 is 58.1 Å². The first kappa shape index (κ1) is 21.1. The zero-order valence-electron chi connectivity index (χ0n) is 17.2. The fourth-order valence-electron chi connectivity index (χ4n) is 4.20. The lowest BCUT2D eigenvalue weighted by Gasteiger charge is -2.32. The van der Waals surface area contributed by atoms with E-state index in [0.29, 0.717) is 5.56 Å². The van der Waals surface area contributed by atoms with E-state index in [0.717, 1.165) is 18.2 Å². The molecule has 2 heterocycles. The number of hydrogen-bond donors (Lipinski definition) is 5. The molecule has 0 bridgehead atoms. The van der Waals surface area contributed by atoms with Crippen LogP contribution >= 0.6 is 0 Å². The van der Waals surface area contributed by atoms with Gasteiger partial charge in [-0.3, -0.25) is 14.4 Å². The first-order chi connectivity index (χ1) is 16.2. The molecular weight excluding hydrogens is 448 g/mol. The van der Waals surface area contributed by atoms with Crippen LogP contribution in [0.5, 0.6) is 40.2 Å². The van der Waals surface area contributed by atoms with Crippen LogP contribution in [-0.4, -0.2) is 43.1 Å². The summed E-state index contributed by atoms with van der Waals surface area (Å²) in [7, 11) is 0. The standard InChI is InChI=1S/C24H16O10/c25-12-3-1-9(5-14(12)27)11-7-18(30)33-17-8-16(29)20-21(31)22(32)23(34-24(20)19(11)17)10-2-4-13(26)15(28)6-10/h1-6,8,11,23,25-29H,7H2/t11-,23?/m1/s1. The molecule has 0 aliphatic carbocycles. The van der Waals surface area contributed by atoms with Crippen LogP contribution in [0.2, 0.25) is 0 Å². The average Bonchev–Trinajstić information content (AvgIpc) is 2.78. The van der Waals surface area contributed by atoms with E-state index in [-0.39, 0.29) is 34.8 Å². The van der Waals surface area contributed by atoms with E-state index in [1.165, 1.54) is 24.3 Å². The summed E-state index contributed by atoms with van der Waals surface area (Å²) < 4.78 is 11.2. The highest BCUT2D eigenvalue weighted by Crippen LogP contribution is 2.52. The number of Topliss-reactive ketones (excluding diaryl/α,β-unsaturated/α-hetero) is 2. The fourth-order valence-corrected chi connectivity index (χ4v) is 4.20. The predicted molar refractivity (Wildman–Crippen MR) is 112 cm³/mol. The molecule has 0 saturated heterocycles. The molecule has 0 saturated carbocycles. The van der Waals surface area contributed by atoms with Crippen molar-refractivity contribution in [3.63, 3.8) is 0 Å². The lowest BCUT2D eigenvalue weighted by molar-refractivity contribution is -0.135. The Labute approximate surface area is 190 Å². The maximum absolute atomic E-state index is 13.0. The molecule has 5 N–H and O–H groups in total. The van der Waals surface area contributed by atoms with Gasteiger partial charge in [-0.25, -0.2) is 0 Å². The van der Waals surface area contributed by atoms with Crippen molar-refractivity contribution in [1.82, 2.24) is 0 Å². The van der Waals surface area contributed by atoms with Gasteiger partial charge >= 0.3 is 5.97 Å². The highest BCUT2D eigenvalue weighted by molar-refractivity contribution is 6.47. The number of phenols is 5. The first-order valence-electron chi connectivity index (χ1n) is 10.0. The molecule has 1 unspecified atom stereocenters. The second kappa shape index (κ2) is 7.41. The predicted octanol–water partition coefficient (Wildman–Crippen LogP) is 2.54. The van der Waals surface area contributed by atoms with Crippen molar-refractivity contribution in [3.05, 3.63) is 64.7 Å². The molecule has 3 aromatic carbocycles. The number of hydrogen-bond acceptors (Lipinski definition) is 10. The molecular formula is C24H16O10. The van der Waals surface area contributed by atoms with E-state index in [4.69, 9.17) is 9.47 Å². The van der Waals surface area contributed by atoms with Crippen LogP contribution in [0, 0.1) is 0 Å². The molecule has 0 radical (unpaired) electrons. The van der Waals surface area contributed by atoms with E-state index >= 15 is 0 Å². The number of carbonyl (C=O) groups is 3. The maximum atomic E-state index is 13.0. The van der Waals surface area contributed by atoms with Gasteiger partial charge in [-0.15, -0.1) is 0 Å². The Balaban J connectivity index is 1.71. The number of fused-ring (bicyclic) bond motifs is 3. The molecule has 10 heteroatoms. The van der Waals surface area contributed by atoms with Gasteiger partial charge in [0.1, 0.15) is 22.8 Å². The lowest BCUT2D eigenvalue weighted by atomic mass is 9.82. The third-order valence-corrected chi connectivity index (χ3v) is 5.83. The normalized spacial score (nSPS) is 19.1. The molecule has 5 rings (SSSR count). The average molecular weight is 464 g/mol. The summed E-state index contributed by atoms with van der Waals surface area (Å²) in [4.78, 5) is 38.1. The van der Waals surface area contributed by atoms with Crippen LogP contribution < -0.4 is 9.47 Å². The zero-order valence-corrected chi connectivity index (χ0v) is 17.2. The van der Waals surface area contributed by atoms with Gasteiger partial charge in [0.2, 0.25) is 11.6 Å². The van der Waals surface area contributed by atoms with Gasteiger partial charge in [-0.2, -0.15) is 0 Å². The summed E-state index contributed by atoms with van der Waals surface area (Å²) in [5.74, 6) is -6.22. The first-order valence-corrected chi connectivity index (χ1v) is 10.0. The van der Waals surface area contributed by atoms with Crippen molar-refractivity contribution in [2.24, 2.45) is 0 Å². The Bertz CT molecular complexity index is 1410. The second-order valence-corrected chi connectivity index (χ2v) is 7.93. The van der Waals surface area contributed by atoms with Crippen molar-refractivity contribution in [1.29, 1.82) is 0 Å². The minimum absolute atomic E-state index is 0.0722. The Morgan fingerprint density at radius 2 is 1.35 bits per heavy atom. The van der Waals surface area contributed by atoms with Crippen molar-refractivity contribution < 1.29 is 49.4 Å². The van der Waals surface area contributed by atoms with E-state index in [1.54, 1.807) is 0 Å². The van der Waals surface area contributed by atoms with Crippen LogP contribution in [0.25, 0.3) is 0 Å². The summed E-state index contributed by atoms with van der Waals surface area (Å²) in [5, 5.41) is 49.5. The Hall–Kier alpha value is -4.73. The van der Waals surface area contributed by atoms with Gasteiger partial charge < -0.3 is 35.0 Å². The summed E-state index contributed by atoms with van der Waals surface area (Å²) in [6.07, 6.45) is -1.73. The van der Waals surface area contributed by atoms with Crippen LogP contribution in [0.4, 0.5) is 0 Å². The lowest BCUT2D eigenvalue weighted by Crippen LogP contribution is -2.33. The van der Waals surface area contributed by atoms with Crippen molar-refractivity contribution >= 4 is 17.5 Å². The van der Waals surface area contributed by atoms with Gasteiger partial charge in [-0.1, -0.05) is 12.1 Å².